The van der Waals surface area contributed by atoms with Crippen LogP contribution >= 0.6 is 0 Å². The van der Waals surface area contributed by atoms with E-state index in [1.165, 1.54) is 18.3 Å². The number of para-hydroxylation sites is 2. The number of hydrogen-bond acceptors (Lipinski definition) is 7. The van der Waals surface area contributed by atoms with Crippen molar-refractivity contribution in [2.75, 3.05) is 17.7 Å². The summed E-state index contributed by atoms with van der Waals surface area (Å²) in [7, 11) is -3.50. The van der Waals surface area contributed by atoms with Gasteiger partial charge < -0.3 is 14.8 Å². The maximum absolute atomic E-state index is 11.9. The number of nitrogens with zero attached hydrogens (tertiary/aromatic N) is 1. The molecule has 0 aliphatic rings. The first-order chi connectivity index (χ1) is 12.5. The minimum Gasteiger partial charge on any atom is -0.436 e. The van der Waals surface area contributed by atoms with Crippen molar-refractivity contribution in [3.05, 3.63) is 60.6 Å². The molecule has 1 heterocycles. The van der Waals surface area contributed by atoms with E-state index in [0.717, 1.165) is 0 Å². The number of oxazole rings is 1. The van der Waals surface area contributed by atoms with Gasteiger partial charge in [0.2, 0.25) is 5.89 Å². The number of rotatable bonds is 7. The number of sulfone groups is 1. The van der Waals surface area contributed by atoms with Gasteiger partial charge in [0, 0.05) is 11.9 Å². The number of benzene rings is 2. The Morgan fingerprint density at radius 2 is 1.88 bits per heavy atom. The Morgan fingerprint density at radius 3 is 2.54 bits per heavy atom. The quantitative estimate of drug-likeness (QED) is 0.483. The van der Waals surface area contributed by atoms with Crippen molar-refractivity contribution < 1.29 is 22.7 Å². The Bertz CT molecular complexity index is 1020. The molecule has 0 radical (unpaired) electrons. The van der Waals surface area contributed by atoms with Gasteiger partial charge in [-0.1, -0.05) is 12.1 Å². The van der Waals surface area contributed by atoms with E-state index in [1.807, 2.05) is 12.1 Å². The molecule has 1 aromatic heterocycles. The first-order valence-electron chi connectivity index (χ1n) is 7.75. The van der Waals surface area contributed by atoms with Crippen molar-refractivity contribution in [2.24, 2.45) is 0 Å². The highest BCUT2D eigenvalue weighted by Gasteiger charge is 2.13. The van der Waals surface area contributed by atoms with Crippen LogP contribution in [0.15, 0.2) is 64.0 Å². The fourth-order valence-electron chi connectivity index (χ4n) is 2.30. The summed E-state index contributed by atoms with van der Waals surface area (Å²) in [5.74, 6) is -0.136. The second-order valence-electron chi connectivity index (χ2n) is 5.42. The van der Waals surface area contributed by atoms with E-state index in [-0.39, 0.29) is 22.1 Å². The minimum atomic E-state index is -3.50. The van der Waals surface area contributed by atoms with Gasteiger partial charge in [-0.05, 0) is 36.4 Å². The third-order valence-corrected chi connectivity index (χ3v) is 5.35. The van der Waals surface area contributed by atoms with Crippen LogP contribution in [-0.4, -0.2) is 37.2 Å². The zero-order valence-electron chi connectivity index (χ0n) is 13.6. The van der Waals surface area contributed by atoms with E-state index >= 15 is 0 Å². The van der Waals surface area contributed by atoms with Crippen molar-refractivity contribution in [1.29, 1.82) is 0 Å². The lowest BCUT2D eigenvalue weighted by molar-refractivity contribution is -0.103. The highest BCUT2D eigenvalue weighted by molar-refractivity contribution is 7.91. The normalized spacial score (nSPS) is 12.3. The smallest absolute Gasteiger partial charge is 0.232 e. The molecule has 2 N–H and O–H groups in total. The molecule has 0 saturated heterocycles. The number of hydrogen-bond donors (Lipinski definition) is 2. The second-order valence-corrected chi connectivity index (χ2v) is 7.52. The number of aliphatic hydroxyl groups is 1. The molecular formula is C18H16N2O5S. The largest absolute Gasteiger partial charge is 0.436 e. The maximum atomic E-state index is 11.9. The fraction of sp³-hybridized carbons (Fsp3) is 0.111. The maximum Gasteiger partial charge on any atom is 0.232 e. The van der Waals surface area contributed by atoms with E-state index in [0.29, 0.717) is 23.1 Å². The van der Waals surface area contributed by atoms with E-state index in [1.54, 1.807) is 24.3 Å². The average molecular weight is 372 g/mol. The van der Waals surface area contributed by atoms with Gasteiger partial charge in [-0.3, -0.25) is 4.79 Å². The molecule has 0 amide bonds. The van der Waals surface area contributed by atoms with Crippen LogP contribution in [-0.2, 0) is 14.6 Å². The number of nitrogens with one attached hydrogen (secondary N) is 1. The number of fused-ring (bicyclic) bond motifs is 1. The number of aldehydes is 1. The van der Waals surface area contributed by atoms with Crippen LogP contribution in [0.4, 0.5) is 5.69 Å². The first kappa shape index (κ1) is 17.8. The number of carbonyl (C=O) groups is 1. The monoisotopic (exact) mass is 372 g/mol. The first-order valence-corrected chi connectivity index (χ1v) is 9.40. The summed E-state index contributed by atoms with van der Waals surface area (Å²) < 4.78 is 29.3. The molecule has 0 fully saturated rings. The summed E-state index contributed by atoms with van der Waals surface area (Å²) in [6.45, 7) is -0.432. The summed E-state index contributed by atoms with van der Waals surface area (Å²) in [5, 5.41) is 11.7. The van der Waals surface area contributed by atoms with Gasteiger partial charge >= 0.3 is 0 Å². The van der Waals surface area contributed by atoms with Crippen LogP contribution in [0.5, 0.6) is 0 Å². The van der Waals surface area contributed by atoms with Crippen molar-refractivity contribution in [3.8, 4) is 0 Å². The molecule has 0 unspecified atom stereocenters. The van der Waals surface area contributed by atoms with E-state index in [2.05, 4.69) is 10.3 Å². The standard InChI is InChI=1S/C18H16N2O5S/c21-9-10-26(23,24)15-7-5-14(6-8-15)19-11-13(12-22)18-20-16-3-1-2-4-17(16)25-18/h1-8,11-12,19,21H,9-10H2. The molecule has 0 atom stereocenters. The Kier molecular flexibility index (Phi) is 5.15. The number of allylic oxidation sites excluding steroid dienone is 1. The molecule has 0 aliphatic heterocycles. The molecule has 0 bridgehead atoms. The molecule has 3 rings (SSSR count). The molecule has 0 spiro atoms. The van der Waals surface area contributed by atoms with E-state index in [9.17, 15) is 13.2 Å². The predicted molar refractivity (Wildman–Crippen MR) is 97.3 cm³/mol. The van der Waals surface area contributed by atoms with E-state index in [4.69, 9.17) is 9.52 Å². The fourth-order valence-corrected chi connectivity index (χ4v) is 3.33. The van der Waals surface area contributed by atoms with E-state index < -0.39 is 16.4 Å². The lowest BCUT2D eigenvalue weighted by Gasteiger charge is -2.05. The van der Waals surface area contributed by atoms with Gasteiger partial charge in [-0.15, -0.1) is 0 Å². The van der Waals surface area contributed by atoms with Gasteiger partial charge in [0.15, 0.2) is 21.7 Å². The van der Waals surface area contributed by atoms with Crippen LogP contribution in [0, 0.1) is 0 Å². The van der Waals surface area contributed by atoms with Crippen LogP contribution in [0.2, 0.25) is 0 Å². The third-order valence-electron chi connectivity index (χ3n) is 3.64. The Hall–Kier alpha value is -2.97. The number of carbonyl (C=O) groups excluding carboxylic acids is 1. The highest BCUT2D eigenvalue weighted by atomic mass is 32.2. The summed E-state index contributed by atoms with van der Waals surface area (Å²) in [4.78, 5) is 15.7. The summed E-state index contributed by atoms with van der Waals surface area (Å²) in [6, 6.07) is 13.2. The zero-order valence-corrected chi connectivity index (χ0v) is 14.4. The second kappa shape index (κ2) is 7.51. The lowest BCUT2D eigenvalue weighted by atomic mass is 10.3. The topological polar surface area (TPSA) is 110 Å². The summed E-state index contributed by atoms with van der Waals surface area (Å²) in [6.07, 6.45) is 2.06. The van der Waals surface area contributed by atoms with Gasteiger partial charge in [-0.2, -0.15) is 0 Å². The minimum absolute atomic E-state index is 0.121. The molecule has 0 aliphatic carbocycles. The van der Waals surface area contributed by atoms with Gasteiger partial charge in [-0.25, -0.2) is 13.4 Å². The van der Waals surface area contributed by atoms with Gasteiger partial charge in [0.25, 0.3) is 0 Å². The molecule has 8 heteroatoms. The number of aliphatic hydroxyl groups excluding tert-OH is 1. The Balaban J connectivity index is 1.80. The molecule has 26 heavy (non-hydrogen) atoms. The number of aromatic nitrogens is 1. The molecular weight excluding hydrogens is 356 g/mol. The van der Waals surface area contributed by atoms with Crippen LogP contribution in [0.3, 0.4) is 0 Å². The van der Waals surface area contributed by atoms with Crippen molar-refractivity contribution >= 4 is 38.5 Å². The predicted octanol–water partition coefficient (Wildman–Crippen LogP) is 2.25. The number of anilines is 1. The van der Waals surface area contributed by atoms with Gasteiger partial charge in [0.05, 0.1) is 22.8 Å². The Morgan fingerprint density at radius 1 is 1.15 bits per heavy atom. The SMILES string of the molecule is O=CC(=CNc1ccc(S(=O)(=O)CCO)cc1)c1nc2ccccc2o1. The van der Waals surface area contributed by atoms with Crippen LogP contribution in [0.25, 0.3) is 16.7 Å². The molecule has 3 aromatic rings. The van der Waals surface area contributed by atoms with Crippen molar-refractivity contribution in [2.45, 2.75) is 4.90 Å². The van der Waals surface area contributed by atoms with Crippen LogP contribution in [0.1, 0.15) is 5.89 Å². The third kappa shape index (κ3) is 3.81. The average Bonchev–Trinajstić information content (AvgIpc) is 3.06. The van der Waals surface area contributed by atoms with Crippen LogP contribution < -0.4 is 5.32 Å². The Labute approximate surface area is 149 Å². The van der Waals surface area contributed by atoms with Gasteiger partial charge in [0.1, 0.15) is 5.52 Å². The zero-order chi connectivity index (χ0) is 18.6. The summed E-state index contributed by atoms with van der Waals surface area (Å²) in [5.41, 5.74) is 2.03. The highest BCUT2D eigenvalue weighted by Crippen LogP contribution is 2.20. The van der Waals surface area contributed by atoms with Crippen molar-refractivity contribution in [3.63, 3.8) is 0 Å². The summed E-state index contributed by atoms with van der Waals surface area (Å²) >= 11 is 0. The van der Waals surface area contributed by atoms with Crippen molar-refractivity contribution in [1.82, 2.24) is 4.98 Å². The molecule has 2 aromatic carbocycles. The molecule has 0 saturated carbocycles. The molecule has 7 nitrogen and oxygen atoms in total. The lowest BCUT2D eigenvalue weighted by Crippen LogP contribution is -2.09. The molecule has 134 valence electrons.